The number of unbranched alkanes of at least 4 members (excludes halogenated alkanes) is 1. The number of anilines is 1. The molecule has 1 aliphatic rings. The Morgan fingerprint density at radius 1 is 1.26 bits per heavy atom. The van der Waals surface area contributed by atoms with Gasteiger partial charge in [0.25, 0.3) is 5.56 Å². The molecule has 2 aromatic rings. The zero-order valence-corrected chi connectivity index (χ0v) is 15.3. The molecule has 0 bridgehead atoms. The molecule has 1 aromatic heterocycles. The number of carbonyl (C=O) groups excluding carboxylic acids is 1. The van der Waals surface area contributed by atoms with E-state index in [0.717, 1.165) is 34.1 Å². The second-order valence-electron chi connectivity index (χ2n) is 5.71. The Labute approximate surface area is 148 Å². The summed E-state index contributed by atoms with van der Waals surface area (Å²) in [5, 5.41) is 2.70. The minimum Gasteiger partial charge on any atom is -0.294 e. The molecule has 23 heavy (non-hydrogen) atoms. The van der Waals surface area contributed by atoms with Crippen molar-refractivity contribution in [3.63, 3.8) is 0 Å². The Balaban J connectivity index is 2.22. The lowest BCUT2D eigenvalue weighted by atomic mass is 10.0. The van der Waals surface area contributed by atoms with Crippen LogP contribution in [0.1, 0.15) is 38.4 Å². The quantitative estimate of drug-likeness (QED) is 0.768. The third-order valence-corrected chi connectivity index (χ3v) is 4.81. The largest absolute Gasteiger partial charge is 0.294 e. The van der Waals surface area contributed by atoms with E-state index in [2.05, 4.69) is 39.8 Å². The van der Waals surface area contributed by atoms with Crippen LogP contribution in [0.15, 0.2) is 29.1 Å². The van der Waals surface area contributed by atoms with Crippen LogP contribution in [-0.2, 0) is 11.2 Å². The van der Waals surface area contributed by atoms with Gasteiger partial charge in [-0.2, -0.15) is 0 Å². The fourth-order valence-electron chi connectivity index (χ4n) is 2.79. The first-order valence-electron chi connectivity index (χ1n) is 7.75. The van der Waals surface area contributed by atoms with Gasteiger partial charge < -0.3 is 0 Å². The van der Waals surface area contributed by atoms with E-state index < -0.39 is 6.04 Å². The lowest BCUT2D eigenvalue weighted by molar-refractivity contribution is -0.117. The number of halogens is 1. The molecule has 0 saturated carbocycles. The molecule has 5 nitrogen and oxygen atoms in total. The minimum atomic E-state index is -0.521. The number of nitrogens with zero attached hydrogens (tertiary/aromatic N) is 2. The van der Waals surface area contributed by atoms with E-state index in [1.807, 2.05) is 24.3 Å². The molecular weight excluding hydrogens is 405 g/mol. The van der Waals surface area contributed by atoms with Crippen molar-refractivity contribution in [1.82, 2.24) is 9.55 Å². The second kappa shape index (κ2) is 6.43. The number of aromatic nitrogens is 2. The summed E-state index contributed by atoms with van der Waals surface area (Å²) >= 11 is 2.24. The van der Waals surface area contributed by atoms with Crippen LogP contribution in [0.5, 0.6) is 0 Å². The lowest BCUT2D eigenvalue weighted by Crippen LogP contribution is -2.26. The van der Waals surface area contributed by atoms with Crippen molar-refractivity contribution in [1.29, 1.82) is 0 Å². The third kappa shape index (κ3) is 2.91. The summed E-state index contributed by atoms with van der Waals surface area (Å²) in [5.74, 6) is 0.184. The number of carbonyl (C=O) groups is 1. The van der Waals surface area contributed by atoms with E-state index in [-0.39, 0.29) is 11.5 Å². The summed E-state index contributed by atoms with van der Waals surface area (Å²) in [7, 11) is 0. The van der Waals surface area contributed by atoms with Gasteiger partial charge in [0.1, 0.15) is 6.04 Å². The maximum atomic E-state index is 13.0. The molecule has 120 valence electrons. The Bertz CT molecular complexity index is 812. The second-order valence-corrected chi connectivity index (χ2v) is 6.95. The van der Waals surface area contributed by atoms with Gasteiger partial charge in [-0.3, -0.25) is 19.5 Å². The van der Waals surface area contributed by atoms with Crippen LogP contribution in [0.2, 0.25) is 0 Å². The number of benzene rings is 1. The standard InChI is InChI=1S/C17H18IN3O2/c1-3-4-5-13-14(11-6-8-12(18)9-7-11)16(23)21-10(2)15(22)20-17(21)19-13/h6-10H,3-5H2,1-2H3,(H,19,20,22). The van der Waals surface area contributed by atoms with Crippen molar-refractivity contribution in [2.75, 3.05) is 5.32 Å². The Morgan fingerprint density at radius 3 is 2.61 bits per heavy atom. The molecule has 6 heteroatoms. The molecule has 1 aromatic carbocycles. The zero-order chi connectivity index (χ0) is 16.6. The Kier molecular flexibility index (Phi) is 4.52. The SMILES string of the molecule is CCCCc1nc2n(c(=O)c1-c1ccc(I)cc1)C(C)C(=O)N2. The first kappa shape index (κ1) is 16.2. The van der Waals surface area contributed by atoms with Crippen molar-refractivity contribution in [2.24, 2.45) is 0 Å². The lowest BCUT2D eigenvalue weighted by Gasteiger charge is -2.13. The molecule has 0 radical (unpaired) electrons. The summed E-state index contributed by atoms with van der Waals surface area (Å²) in [6.07, 6.45) is 2.71. The predicted octanol–water partition coefficient (Wildman–Crippen LogP) is 3.37. The van der Waals surface area contributed by atoms with Gasteiger partial charge in [0.15, 0.2) is 0 Å². The highest BCUT2D eigenvalue weighted by atomic mass is 127. The van der Waals surface area contributed by atoms with Crippen LogP contribution in [0.3, 0.4) is 0 Å². The number of hydrogen-bond acceptors (Lipinski definition) is 3. The summed E-state index contributed by atoms with van der Waals surface area (Å²) in [4.78, 5) is 29.5. The van der Waals surface area contributed by atoms with Gasteiger partial charge >= 0.3 is 0 Å². The first-order chi connectivity index (χ1) is 11.0. The van der Waals surface area contributed by atoms with Crippen molar-refractivity contribution >= 4 is 34.4 Å². The molecule has 0 aliphatic carbocycles. The molecule has 0 fully saturated rings. The van der Waals surface area contributed by atoms with Crippen molar-refractivity contribution in [2.45, 2.75) is 39.2 Å². The minimum absolute atomic E-state index is 0.145. The van der Waals surface area contributed by atoms with E-state index in [9.17, 15) is 9.59 Å². The van der Waals surface area contributed by atoms with E-state index in [4.69, 9.17) is 0 Å². The molecule has 1 amide bonds. The van der Waals surface area contributed by atoms with Crippen LogP contribution >= 0.6 is 22.6 Å². The molecule has 2 heterocycles. The van der Waals surface area contributed by atoms with Crippen LogP contribution in [0.25, 0.3) is 11.1 Å². The van der Waals surface area contributed by atoms with E-state index in [0.29, 0.717) is 11.5 Å². The molecule has 1 N–H and O–H groups in total. The number of fused-ring (bicyclic) bond motifs is 1. The monoisotopic (exact) mass is 423 g/mol. The van der Waals surface area contributed by atoms with E-state index >= 15 is 0 Å². The average molecular weight is 423 g/mol. The number of rotatable bonds is 4. The summed E-state index contributed by atoms with van der Waals surface area (Å²) in [5.41, 5.74) is 2.09. The van der Waals surface area contributed by atoms with Crippen molar-refractivity contribution < 1.29 is 4.79 Å². The third-order valence-electron chi connectivity index (χ3n) is 4.09. The highest BCUT2D eigenvalue weighted by Gasteiger charge is 2.31. The van der Waals surface area contributed by atoms with Gasteiger partial charge in [-0.15, -0.1) is 0 Å². The molecule has 1 atom stereocenters. The Morgan fingerprint density at radius 2 is 1.96 bits per heavy atom. The summed E-state index contributed by atoms with van der Waals surface area (Å²) in [6, 6.07) is 7.32. The number of nitrogens with one attached hydrogen (secondary N) is 1. The number of hydrogen-bond donors (Lipinski definition) is 1. The molecular formula is C17H18IN3O2. The van der Waals surface area contributed by atoms with Crippen LogP contribution in [0.4, 0.5) is 5.95 Å². The van der Waals surface area contributed by atoms with E-state index in [1.54, 1.807) is 6.92 Å². The van der Waals surface area contributed by atoms with Crippen LogP contribution in [-0.4, -0.2) is 15.5 Å². The average Bonchev–Trinajstić information content (AvgIpc) is 2.81. The predicted molar refractivity (Wildman–Crippen MR) is 98.6 cm³/mol. The molecule has 1 aliphatic heterocycles. The fourth-order valence-corrected chi connectivity index (χ4v) is 3.15. The van der Waals surface area contributed by atoms with Crippen molar-refractivity contribution in [3.05, 3.63) is 43.9 Å². The zero-order valence-electron chi connectivity index (χ0n) is 13.1. The van der Waals surface area contributed by atoms with Gasteiger partial charge in [0.05, 0.1) is 11.3 Å². The van der Waals surface area contributed by atoms with Gasteiger partial charge in [-0.25, -0.2) is 4.98 Å². The normalized spacial score (nSPS) is 16.3. The fraction of sp³-hybridized carbons (Fsp3) is 0.353. The smallest absolute Gasteiger partial charge is 0.263 e. The molecule has 0 spiro atoms. The van der Waals surface area contributed by atoms with Gasteiger partial charge in [-0.1, -0.05) is 25.5 Å². The Hall–Kier alpha value is -1.70. The topological polar surface area (TPSA) is 64.0 Å². The highest BCUT2D eigenvalue weighted by molar-refractivity contribution is 14.1. The van der Waals surface area contributed by atoms with E-state index in [1.165, 1.54) is 4.57 Å². The maximum absolute atomic E-state index is 13.0. The summed E-state index contributed by atoms with van der Waals surface area (Å²) in [6.45, 7) is 3.83. The highest BCUT2D eigenvalue weighted by Crippen LogP contribution is 2.27. The van der Waals surface area contributed by atoms with Gasteiger partial charge in [0.2, 0.25) is 11.9 Å². The van der Waals surface area contributed by atoms with Crippen LogP contribution < -0.4 is 10.9 Å². The maximum Gasteiger partial charge on any atom is 0.263 e. The van der Waals surface area contributed by atoms with Gasteiger partial charge in [-0.05, 0) is 60.1 Å². The van der Waals surface area contributed by atoms with Crippen LogP contribution in [0, 0.1) is 3.57 Å². The molecule has 0 saturated heterocycles. The summed E-state index contributed by atoms with van der Waals surface area (Å²) < 4.78 is 2.58. The molecule has 1 unspecified atom stereocenters. The van der Waals surface area contributed by atoms with Crippen molar-refractivity contribution in [3.8, 4) is 11.1 Å². The number of aryl methyl sites for hydroxylation is 1. The molecule has 3 rings (SSSR count). The first-order valence-corrected chi connectivity index (χ1v) is 8.83. The number of amides is 1. The van der Waals surface area contributed by atoms with Gasteiger partial charge in [0, 0.05) is 3.57 Å².